The van der Waals surface area contributed by atoms with E-state index < -0.39 is 33.5 Å². The Morgan fingerprint density at radius 3 is 2.02 bits per heavy atom. The molecule has 8 nitrogen and oxygen atoms in total. The molecule has 0 unspecified atom stereocenters. The van der Waals surface area contributed by atoms with Gasteiger partial charge in [0.25, 0.3) is 21.8 Å². The number of carbonyl (C=O) groups is 2. The quantitative estimate of drug-likeness (QED) is 0.225. The van der Waals surface area contributed by atoms with Crippen LogP contribution in [0.3, 0.4) is 0 Å². The molecule has 0 aromatic heterocycles. The van der Waals surface area contributed by atoms with Crippen LogP contribution < -0.4 is 13.8 Å². The lowest BCUT2D eigenvalue weighted by Crippen LogP contribution is -2.41. The Kier molecular flexibility index (Phi) is 8.19. The lowest BCUT2D eigenvalue weighted by molar-refractivity contribution is 0.0659. The highest BCUT2D eigenvalue weighted by molar-refractivity contribution is 7.92. The van der Waals surface area contributed by atoms with Gasteiger partial charge in [0.1, 0.15) is 11.6 Å². The predicted octanol–water partition coefficient (Wildman–Crippen LogP) is 5.37. The molecule has 4 aromatic rings. The number of hydrogen-bond donors (Lipinski definition) is 0. The van der Waals surface area contributed by atoms with Gasteiger partial charge in [-0.25, -0.2) is 17.2 Å². The number of sulfonamides is 1. The molecule has 1 aliphatic heterocycles. The molecule has 0 spiro atoms. The number of nitrogens with zero attached hydrogens (tertiary/aromatic N) is 2. The number of benzene rings is 4. The third kappa shape index (κ3) is 5.55. The van der Waals surface area contributed by atoms with Crippen LogP contribution in [0.15, 0.2) is 83.8 Å². The van der Waals surface area contributed by atoms with Crippen molar-refractivity contribution in [1.82, 2.24) is 4.90 Å². The summed E-state index contributed by atoms with van der Waals surface area (Å²) < 4.78 is 69.7. The number of rotatable bonds is 10. The Labute approximate surface area is 248 Å². The number of ether oxygens (including phenoxy) is 2. The van der Waals surface area contributed by atoms with Crippen LogP contribution in [0.5, 0.6) is 11.5 Å². The summed E-state index contributed by atoms with van der Waals surface area (Å²) in [6.45, 7) is 1.16. The minimum absolute atomic E-state index is 0.139. The first kappa shape index (κ1) is 29.7. The van der Waals surface area contributed by atoms with Gasteiger partial charge < -0.3 is 9.47 Å². The average Bonchev–Trinajstić information content (AvgIpc) is 3.24. The lowest BCUT2D eigenvalue weighted by atomic mass is 10.00. The molecule has 0 aliphatic carbocycles. The van der Waals surface area contributed by atoms with Crippen molar-refractivity contribution in [2.45, 2.75) is 18.2 Å². The number of methoxy groups -OCH3 is 2. The van der Waals surface area contributed by atoms with E-state index in [0.717, 1.165) is 26.9 Å². The van der Waals surface area contributed by atoms with Crippen LogP contribution in [-0.2, 0) is 16.4 Å². The van der Waals surface area contributed by atoms with Crippen LogP contribution in [0.4, 0.5) is 14.5 Å². The van der Waals surface area contributed by atoms with Crippen molar-refractivity contribution >= 4 is 27.5 Å². The first-order valence-electron chi connectivity index (χ1n) is 13.3. The van der Waals surface area contributed by atoms with Crippen LogP contribution in [0.2, 0.25) is 0 Å². The molecule has 0 atom stereocenters. The summed E-state index contributed by atoms with van der Waals surface area (Å²) in [6, 6.07) is 18.8. The van der Waals surface area contributed by atoms with E-state index in [1.54, 1.807) is 37.3 Å². The highest BCUT2D eigenvalue weighted by Gasteiger charge is 2.37. The standard InChI is InChI=1S/C32H28F2N2O6S/c1-20-11-13-28(21(17-20)18-25-26(33)9-6-10-27(25)34)36(43(39,40)22-12-14-29(41-2)30(19-22)42-3)16-15-35-31(37)23-7-4-5-8-24(23)32(35)38/h4-14,17,19H,15-16,18H2,1-3H3. The number of anilines is 1. The molecule has 0 saturated carbocycles. The van der Waals surface area contributed by atoms with E-state index in [4.69, 9.17) is 9.47 Å². The Bertz CT molecular complexity index is 1790. The van der Waals surface area contributed by atoms with Gasteiger partial charge in [-0.1, -0.05) is 35.9 Å². The number of halogens is 2. The van der Waals surface area contributed by atoms with Crippen molar-refractivity contribution in [2.75, 3.05) is 31.6 Å². The van der Waals surface area contributed by atoms with Crippen LogP contribution in [0, 0.1) is 18.6 Å². The van der Waals surface area contributed by atoms with Crippen molar-refractivity contribution in [3.63, 3.8) is 0 Å². The minimum Gasteiger partial charge on any atom is -0.493 e. The summed E-state index contributed by atoms with van der Waals surface area (Å²) in [7, 11) is -1.60. The van der Waals surface area contributed by atoms with Gasteiger partial charge in [-0.2, -0.15) is 0 Å². The molecule has 43 heavy (non-hydrogen) atoms. The fraction of sp³-hybridized carbons (Fsp3) is 0.188. The zero-order valence-electron chi connectivity index (χ0n) is 23.6. The van der Waals surface area contributed by atoms with Crippen LogP contribution in [-0.4, -0.2) is 52.4 Å². The zero-order chi connectivity index (χ0) is 30.9. The molecule has 4 aromatic carbocycles. The number of amides is 2. The van der Waals surface area contributed by atoms with Gasteiger partial charge in [0.2, 0.25) is 0 Å². The fourth-order valence-corrected chi connectivity index (χ4v) is 6.61. The van der Waals surface area contributed by atoms with Crippen molar-refractivity contribution in [1.29, 1.82) is 0 Å². The summed E-state index contributed by atoms with van der Waals surface area (Å²) in [6.07, 6.45) is -0.250. The smallest absolute Gasteiger partial charge is 0.264 e. The first-order valence-corrected chi connectivity index (χ1v) is 14.7. The summed E-state index contributed by atoms with van der Waals surface area (Å²) in [4.78, 5) is 27.0. The van der Waals surface area contributed by atoms with E-state index >= 15 is 0 Å². The van der Waals surface area contributed by atoms with Gasteiger partial charge in [-0.15, -0.1) is 0 Å². The first-order chi connectivity index (χ1) is 20.6. The van der Waals surface area contributed by atoms with E-state index in [1.807, 2.05) is 0 Å². The van der Waals surface area contributed by atoms with Crippen LogP contribution in [0.1, 0.15) is 37.4 Å². The molecular formula is C32H28F2N2O6S. The average molecular weight is 607 g/mol. The number of hydrogen-bond acceptors (Lipinski definition) is 6. The molecule has 1 aliphatic rings. The largest absolute Gasteiger partial charge is 0.493 e. The summed E-state index contributed by atoms with van der Waals surface area (Å²) in [5.41, 5.74) is 1.44. The van der Waals surface area contributed by atoms with Gasteiger partial charge in [0.15, 0.2) is 11.5 Å². The van der Waals surface area contributed by atoms with E-state index in [-0.39, 0.29) is 52.5 Å². The molecule has 2 amide bonds. The molecule has 0 N–H and O–H groups in total. The molecule has 0 bridgehead atoms. The second-order valence-corrected chi connectivity index (χ2v) is 11.8. The van der Waals surface area contributed by atoms with Crippen molar-refractivity contribution < 1.29 is 36.3 Å². The van der Waals surface area contributed by atoms with Gasteiger partial charge in [0, 0.05) is 24.6 Å². The van der Waals surface area contributed by atoms with E-state index in [9.17, 15) is 26.8 Å². The molecule has 0 saturated heterocycles. The second-order valence-electron chi connectivity index (χ2n) is 9.91. The molecule has 0 fully saturated rings. The maximum atomic E-state index is 14.7. The summed E-state index contributed by atoms with van der Waals surface area (Å²) in [5.74, 6) is -2.14. The van der Waals surface area contributed by atoms with Crippen LogP contribution >= 0.6 is 0 Å². The highest BCUT2D eigenvalue weighted by Crippen LogP contribution is 2.35. The fourth-order valence-electron chi connectivity index (χ4n) is 5.10. The maximum absolute atomic E-state index is 14.7. The third-order valence-corrected chi connectivity index (χ3v) is 9.09. The van der Waals surface area contributed by atoms with E-state index in [0.29, 0.717) is 11.3 Å². The molecule has 222 valence electrons. The molecule has 11 heteroatoms. The number of imide groups is 1. The minimum atomic E-state index is -4.39. The van der Waals surface area contributed by atoms with E-state index in [1.165, 1.54) is 50.6 Å². The Balaban J connectivity index is 1.61. The van der Waals surface area contributed by atoms with Crippen molar-refractivity contribution in [3.8, 4) is 11.5 Å². The maximum Gasteiger partial charge on any atom is 0.264 e. The predicted molar refractivity (Wildman–Crippen MR) is 156 cm³/mol. The molecule has 5 rings (SSSR count). The van der Waals surface area contributed by atoms with Crippen LogP contribution in [0.25, 0.3) is 0 Å². The molecule has 0 radical (unpaired) electrons. The Morgan fingerprint density at radius 1 is 0.791 bits per heavy atom. The Morgan fingerprint density at radius 2 is 1.42 bits per heavy atom. The highest BCUT2D eigenvalue weighted by atomic mass is 32.2. The number of fused-ring (bicyclic) bond motifs is 1. The third-order valence-electron chi connectivity index (χ3n) is 7.28. The zero-order valence-corrected chi connectivity index (χ0v) is 24.5. The SMILES string of the molecule is COc1ccc(S(=O)(=O)N(CCN2C(=O)c3ccccc3C2=O)c2ccc(C)cc2Cc2c(F)cccc2F)cc1OC. The lowest BCUT2D eigenvalue weighted by Gasteiger charge is -2.29. The Hall–Kier alpha value is -4.77. The van der Waals surface area contributed by atoms with Gasteiger partial charge in [0.05, 0.1) is 42.5 Å². The topological polar surface area (TPSA) is 93.2 Å². The molecular weight excluding hydrogens is 578 g/mol. The van der Waals surface area contributed by atoms with Gasteiger partial charge in [-0.3, -0.25) is 18.8 Å². The van der Waals surface area contributed by atoms with Gasteiger partial charge >= 0.3 is 0 Å². The molecule has 1 heterocycles. The normalized spacial score (nSPS) is 12.8. The van der Waals surface area contributed by atoms with Crippen molar-refractivity contribution in [3.05, 3.63) is 118 Å². The summed E-state index contributed by atoms with van der Waals surface area (Å²) in [5, 5.41) is 0. The van der Waals surface area contributed by atoms with Crippen molar-refractivity contribution in [2.24, 2.45) is 0 Å². The van der Waals surface area contributed by atoms with Gasteiger partial charge in [-0.05, 0) is 55.0 Å². The monoisotopic (exact) mass is 606 g/mol. The number of carbonyl (C=O) groups excluding carboxylic acids is 2. The second kappa shape index (κ2) is 11.8. The number of aryl methyl sites for hydroxylation is 1. The van der Waals surface area contributed by atoms with E-state index in [2.05, 4.69) is 0 Å². The summed E-state index contributed by atoms with van der Waals surface area (Å²) >= 11 is 0.